The summed E-state index contributed by atoms with van der Waals surface area (Å²) in [5.41, 5.74) is 0. The number of nitrogens with one attached hydrogen (secondary N) is 1. The van der Waals surface area contributed by atoms with Gasteiger partial charge in [-0.3, -0.25) is 0 Å². The first-order valence-corrected chi connectivity index (χ1v) is 8.11. The van der Waals surface area contributed by atoms with Crippen molar-refractivity contribution in [3.63, 3.8) is 0 Å². The summed E-state index contributed by atoms with van der Waals surface area (Å²) in [6.07, 6.45) is 3.16. The third-order valence-corrected chi connectivity index (χ3v) is 5.67. The van der Waals surface area contributed by atoms with Gasteiger partial charge in [-0.05, 0) is 39.4 Å². The lowest BCUT2D eigenvalue weighted by Crippen LogP contribution is -2.45. The number of rotatable bonds is 4. The van der Waals surface area contributed by atoms with Crippen LogP contribution in [0.5, 0.6) is 0 Å². The Morgan fingerprint density at radius 3 is 2.58 bits per heavy atom. The van der Waals surface area contributed by atoms with Crippen LogP contribution in [-0.4, -0.2) is 60.3 Å². The van der Waals surface area contributed by atoms with Gasteiger partial charge in [-0.1, -0.05) is 6.92 Å². The molecule has 2 rings (SSSR count). The fourth-order valence-corrected chi connectivity index (χ4v) is 3.86. The Bertz CT molecular complexity index is 518. The van der Waals surface area contributed by atoms with Gasteiger partial charge in [0, 0.05) is 13.1 Å². The van der Waals surface area contributed by atoms with E-state index in [1.807, 2.05) is 0 Å². The molecule has 0 saturated carbocycles. The second-order valence-electron chi connectivity index (χ2n) is 5.02. The molecular weight excluding hydrogens is 264 g/mol. The predicted octanol–water partition coefficient (Wildman–Crippen LogP) is 0.823. The van der Waals surface area contributed by atoms with Gasteiger partial charge in [-0.2, -0.15) is 4.31 Å². The predicted molar refractivity (Wildman–Crippen MR) is 73.4 cm³/mol. The van der Waals surface area contributed by atoms with E-state index in [9.17, 15) is 8.42 Å². The minimum absolute atomic E-state index is 0.0800. The smallest absolute Gasteiger partial charge is 0.260 e. The average Bonchev–Trinajstić information content (AvgIpc) is 2.85. The van der Waals surface area contributed by atoms with Gasteiger partial charge in [0.05, 0.1) is 6.20 Å². The summed E-state index contributed by atoms with van der Waals surface area (Å²) in [5, 5.41) is 0.186. The van der Waals surface area contributed by atoms with E-state index in [2.05, 4.69) is 21.8 Å². The maximum atomic E-state index is 12.4. The minimum atomic E-state index is -3.45. The number of piperidine rings is 1. The number of sulfonamides is 1. The molecule has 19 heavy (non-hydrogen) atoms. The van der Waals surface area contributed by atoms with Crippen molar-refractivity contribution in [1.29, 1.82) is 0 Å². The van der Waals surface area contributed by atoms with E-state index in [1.54, 1.807) is 14.0 Å². The Morgan fingerprint density at radius 2 is 2.11 bits per heavy atom. The molecular formula is C12H22N4O2S. The molecule has 0 unspecified atom stereocenters. The van der Waals surface area contributed by atoms with Gasteiger partial charge in [0.2, 0.25) is 0 Å². The third-order valence-electron chi connectivity index (χ3n) is 3.86. The molecule has 0 spiro atoms. The Morgan fingerprint density at radius 1 is 1.47 bits per heavy atom. The Hall–Kier alpha value is -0.920. The van der Waals surface area contributed by atoms with Gasteiger partial charge >= 0.3 is 0 Å². The van der Waals surface area contributed by atoms with Crippen molar-refractivity contribution < 1.29 is 8.42 Å². The molecule has 0 aromatic carbocycles. The molecule has 1 aromatic rings. The molecule has 1 N–H and O–H groups in total. The summed E-state index contributed by atoms with van der Waals surface area (Å²) in [6, 6.07) is 0.0800. The van der Waals surface area contributed by atoms with Crippen LogP contribution in [0.3, 0.4) is 0 Å². The molecule has 0 radical (unpaired) electrons. The van der Waals surface area contributed by atoms with E-state index >= 15 is 0 Å². The zero-order chi connectivity index (χ0) is 14.0. The zero-order valence-corrected chi connectivity index (χ0v) is 12.6. The van der Waals surface area contributed by atoms with Crippen molar-refractivity contribution in [2.75, 3.05) is 26.7 Å². The number of H-pyrrole nitrogens is 1. The standard InChI is InChI=1S/C12H22N4O2S/c1-4-16-7-5-11(6-8-16)15(3)19(17,18)12-9-13-10(2)14-12/h9,11H,4-8H2,1-3H3,(H,13,14). The van der Waals surface area contributed by atoms with Crippen molar-refractivity contribution >= 4 is 10.0 Å². The molecule has 2 heterocycles. The lowest BCUT2D eigenvalue weighted by Gasteiger charge is -2.35. The number of aromatic amines is 1. The van der Waals surface area contributed by atoms with Crippen LogP contribution in [0.25, 0.3) is 0 Å². The van der Waals surface area contributed by atoms with E-state index < -0.39 is 10.0 Å². The van der Waals surface area contributed by atoms with E-state index in [-0.39, 0.29) is 11.1 Å². The maximum Gasteiger partial charge on any atom is 0.260 e. The topological polar surface area (TPSA) is 69.3 Å². The Labute approximate surface area is 114 Å². The molecule has 1 aliphatic rings. The normalized spacial score (nSPS) is 19.2. The summed E-state index contributed by atoms with van der Waals surface area (Å²) in [6.45, 7) is 6.84. The molecule has 1 saturated heterocycles. The fourth-order valence-electron chi connectivity index (χ4n) is 2.48. The van der Waals surface area contributed by atoms with Crippen LogP contribution in [0.2, 0.25) is 0 Å². The van der Waals surface area contributed by atoms with Crippen LogP contribution in [-0.2, 0) is 10.0 Å². The molecule has 1 aromatic heterocycles. The van der Waals surface area contributed by atoms with Crippen molar-refractivity contribution in [2.24, 2.45) is 0 Å². The molecule has 1 aliphatic heterocycles. The molecule has 0 atom stereocenters. The first kappa shape index (κ1) is 14.5. The highest BCUT2D eigenvalue weighted by Crippen LogP contribution is 2.21. The highest BCUT2D eigenvalue weighted by molar-refractivity contribution is 7.89. The lowest BCUT2D eigenvalue weighted by atomic mass is 10.1. The van der Waals surface area contributed by atoms with Crippen LogP contribution in [0.15, 0.2) is 11.2 Å². The van der Waals surface area contributed by atoms with Crippen LogP contribution in [0.4, 0.5) is 0 Å². The van der Waals surface area contributed by atoms with E-state index in [4.69, 9.17) is 0 Å². The van der Waals surface area contributed by atoms with E-state index in [1.165, 1.54) is 10.5 Å². The number of imidazole rings is 1. The molecule has 1 fully saturated rings. The summed E-state index contributed by atoms with van der Waals surface area (Å²) >= 11 is 0. The monoisotopic (exact) mass is 286 g/mol. The first-order chi connectivity index (χ1) is 8.95. The largest absolute Gasteiger partial charge is 0.332 e. The quantitative estimate of drug-likeness (QED) is 0.890. The van der Waals surface area contributed by atoms with Crippen molar-refractivity contribution in [2.45, 2.75) is 37.8 Å². The highest BCUT2D eigenvalue weighted by Gasteiger charge is 2.31. The summed E-state index contributed by atoms with van der Waals surface area (Å²) in [4.78, 5) is 9.12. The minimum Gasteiger partial charge on any atom is -0.332 e. The molecule has 7 heteroatoms. The molecule has 6 nitrogen and oxygen atoms in total. The first-order valence-electron chi connectivity index (χ1n) is 6.67. The van der Waals surface area contributed by atoms with E-state index in [0.29, 0.717) is 5.82 Å². The molecule has 0 aliphatic carbocycles. The van der Waals surface area contributed by atoms with Gasteiger partial charge in [0.25, 0.3) is 10.0 Å². The molecule has 0 amide bonds. The summed E-state index contributed by atoms with van der Waals surface area (Å²) in [5.74, 6) is 0.618. The van der Waals surface area contributed by atoms with Crippen LogP contribution in [0, 0.1) is 6.92 Å². The number of aryl methyl sites for hydroxylation is 1. The van der Waals surface area contributed by atoms with E-state index in [0.717, 1.165) is 32.5 Å². The van der Waals surface area contributed by atoms with Crippen molar-refractivity contribution in [3.05, 3.63) is 12.0 Å². The van der Waals surface area contributed by atoms with Gasteiger partial charge in [0.15, 0.2) is 5.03 Å². The average molecular weight is 286 g/mol. The second kappa shape index (κ2) is 5.60. The second-order valence-corrected chi connectivity index (χ2v) is 6.99. The molecule has 0 bridgehead atoms. The fraction of sp³-hybridized carbons (Fsp3) is 0.750. The Balaban J connectivity index is 2.09. The number of likely N-dealkylation sites (tertiary alicyclic amines) is 1. The summed E-state index contributed by atoms with van der Waals surface area (Å²) < 4.78 is 26.4. The van der Waals surface area contributed by atoms with Gasteiger partial charge < -0.3 is 9.88 Å². The number of hydrogen-bond acceptors (Lipinski definition) is 4. The van der Waals surface area contributed by atoms with Crippen molar-refractivity contribution in [3.8, 4) is 0 Å². The lowest BCUT2D eigenvalue weighted by molar-refractivity contribution is 0.176. The molecule has 108 valence electrons. The number of nitrogens with zero attached hydrogens (tertiary/aromatic N) is 3. The van der Waals surface area contributed by atoms with Crippen LogP contribution >= 0.6 is 0 Å². The van der Waals surface area contributed by atoms with Crippen LogP contribution < -0.4 is 0 Å². The zero-order valence-electron chi connectivity index (χ0n) is 11.8. The highest BCUT2D eigenvalue weighted by atomic mass is 32.2. The maximum absolute atomic E-state index is 12.4. The SMILES string of the molecule is CCN1CCC(N(C)S(=O)(=O)c2cnc(C)[nH]2)CC1. The third kappa shape index (κ3) is 2.98. The Kier molecular flexibility index (Phi) is 4.27. The van der Waals surface area contributed by atoms with Gasteiger partial charge in [0.1, 0.15) is 5.82 Å². The van der Waals surface area contributed by atoms with Gasteiger partial charge in [-0.25, -0.2) is 13.4 Å². The summed E-state index contributed by atoms with van der Waals surface area (Å²) in [7, 11) is -1.78. The number of aromatic nitrogens is 2. The van der Waals surface area contributed by atoms with Crippen molar-refractivity contribution in [1.82, 2.24) is 19.2 Å². The van der Waals surface area contributed by atoms with Gasteiger partial charge in [-0.15, -0.1) is 0 Å². The number of hydrogen-bond donors (Lipinski definition) is 1. The van der Waals surface area contributed by atoms with Crippen LogP contribution in [0.1, 0.15) is 25.6 Å².